The van der Waals surface area contributed by atoms with Crippen molar-refractivity contribution in [2.75, 3.05) is 5.32 Å². The number of ketones is 1. The number of nitrogens with one attached hydrogen (secondary N) is 1. The number of carbonyl (C=O) groups is 2. The van der Waals surface area contributed by atoms with Crippen molar-refractivity contribution in [3.63, 3.8) is 0 Å². The summed E-state index contributed by atoms with van der Waals surface area (Å²) in [5, 5.41) is 3.14. The Balaban J connectivity index is 1.54. The number of hydrogen-bond donors (Lipinski definition) is 1. The van der Waals surface area contributed by atoms with Gasteiger partial charge in [0.05, 0.1) is 21.5 Å². The fourth-order valence-corrected chi connectivity index (χ4v) is 4.26. The molecule has 0 bridgehead atoms. The van der Waals surface area contributed by atoms with E-state index < -0.39 is 17.2 Å². The smallest absolute Gasteiger partial charge is 0.301 e. The first-order valence-corrected chi connectivity index (χ1v) is 9.13. The minimum absolute atomic E-state index is 0.0492. The zero-order valence-corrected chi connectivity index (χ0v) is 14.5. The summed E-state index contributed by atoms with van der Waals surface area (Å²) in [6.45, 7) is 0. The molecule has 1 aromatic heterocycles. The van der Waals surface area contributed by atoms with Gasteiger partial charge in [-0.15, -0.1) is 0 Å². The van der Waals surface area contributed by atoms with Crippen LogP contribution in [0.4, 0.5) is 18.3 Å². The van der Waals surface area contributed by atoms with Gasteiger partial charge in [0.25, 0.3) is 0 Å². The highest BCUT2D eigenvalue weighted by atomic mass is 32.1. The molecule has 26 heavy (non-hydrogen) atoms. The monoisotopic (exact) mass is 380 g/mol. The SMILES string of the molecule is O=C1CCCc2nc(NC(=O)C3(c4ccc(C(F)(F)F)cc4)CC3)sc21. The predicted molar refractivity (Wildman–Crippen MR) is 90.4 cm³/mol. The van der Waals surface area contributed by atoms with Gasteiger partial charge in [-0.25, -0.2) is 4.98 Å². The Morgan fingerprint density at radius 1 is 1.15 bits per heavy atom. The zero-order valence-electron chi connectivity index (χ0n) is 13.7. The van der Waals surface area contributed by atoms with Gasteiger partial charge in [0.15, 0.2) is 10.9 Å². The van der Waals surface area contributed by atoms with Crippen LogP contribution in [0.3, 0.4) is 0 Å². The summed E-state index contributed by atoms with van der Waals surface area (Å²) in [4.78, 5) is 29.6. The lowest BCUT2D eigenvalue weighted by atomic mass is 9.94. The Morgan fingerprint density at radius 3 is 2.42 bits per heavy atom. The van der Waals surface area contributed by atoms with Crippen molar-refractivity contribution in [2.45, 2.75) is 43.7 Å². The molecule has 4 rings (SSSR count). The van der Waals surface area contributed by atoms with E-state index in [4.69, 9.17) is 0 Å². The second-order valence-electron chi connectivity index (χ2n) is 6.68. The molecule has 8 heteroatoms. The number of carbonyl (C=O) groups excluding carboxylic acids is 2. The number of aryl methyl sites for hydroxylation is 1. The summed E-state index contributed by atoms with van der Waals surface area (Å²) in [5.41, 5.74) is -0.245. The first-order valence-electron chi connectivity index (χ1n) is 8.32. The standard InChI is InChI=1S/C18H15F3N2O2S/c19-18(20,21)11-6-4-10(5-7-11)17(8-9-17)15(25)23-16-22-12-2-1-3-13(24)14(12)26-16/h4-7H,1-3,8-9H2,(H,22,23,25). The summed E-state index contributed by atoms with van der Waals surface area (Å²) in [6, 6.07) is 4.74. The van der Waals surface area contributed by atoms with Gasteiger partial charge >= 0.3 is 6.18 Å². The van der Waals surface area contributed by atoms with Crippen LogP contribution in [-0.4, -0.2) is 16.7 Å². The topological polar surface area (TPSA) is 59.1 Å². The Morgan fingerprint density at radius 2 is 1.85 bits per heavy atom. The van der Waals surface area contributed by atoms with Gasteiger partial charge in [-0.05, 0) is 43.4 Å². The molecule has 0 saturated heterocycles. The van der Waals surface area contributed by atoms with Crippen LogP contribution >= 0.6 is 11.3 Å². The molecule has 1 saturated carbocycles. The van der Waals surface area contributed by atoms with Crippen molar-refractivity contribution in [1.29, 1.82) is 0 Å². The number of amides is 1. The molecule has 1 fully saturated rings. The Labute approximate surface area is 151 Å². The average Bonchev–Trinajstić information content (AvgIpc) is 3.30. The number of Topliss-reactive ketones (excluding diaryl/α,β-unsaturated/α-hetero) is 1. The van der Waals surface area contributed by atoms with Gasteiger partial charge in [-0.1, -0.05) is 23.5 Å². The molecule has 0 radical (unpaired) electrons. The lowest BCUT2D eigenvalue weighted by Crippen LogP contribution is -2.27. The minimum atomic E-state index is -4.40. The molecule has 0 aliphatic heterocycles. The van der Waals surface area contributed by atoms with E-state index in [1.807, 2.05) is 0 Å². The van der Waals surface area contributed by atoms with Crippen molar-refractivity contribution in [3.8, 4) is 0 Å². The first kappa shape index (κ1) is 17.2. The van der Waals surface area contributed by atoms with Gasteiger partial charge in [0.1, 0.15) is 0 Å². The lowest BCUT2D eigenvalue weighted by Gasteiger charge is -2.15. The largest absolute Gasteiger partial charge is 0.416 e. The van der Waals surface area contributed by atoms with E-state index in [2.05, 4.69) is 10.3 Å². The van der Waals surface area contributed by atoms with E-state index in [-0.39, 0.29) is 11.7 Å². The number of hydrogen-bond acceptors (Lipinski definition) is 4. The summed E-state index contributed by atoms with van der Waals surface area (Å²) in [7, 11) is 0. The fraction of sp³-hybridized carbons (Fsp3) is 0.389. The molecule has 2 aromatic rings. The minimum Gasteiger partial charge on any atom is -0.301 e. The second-order valence-corrected chi connectivity index (χ2v) is 7.68. The molecule has 0 unspecified atom stereocenters. The maximum absolute atomic E-state index is 12.7. The number of alkyl halides is 3. The van der Waals surface area contributed by atoms with Gasteiger partial charge in [-0.3, -0.25) is 9.59 Å². The maximum Gasteiger partial charge on any atom is 0.416 e. The van der Waals surface area contributed by atoms with E-state index in [0.717, 1.165) is 30.7 Å². The quantitative estimate of drug-likeness (QED) is 0.861. The molecule has 1 N–H and O–H groups in total. The predicted octanol–water partition coefficient (Wildman–Crippen LogP) is 4.35. The molecule has 1 amide bonds. The molecule has 2 aliphatic rings. The van der Waals surface area contributed by atoms with Crippen molar-refractivity contribution in [1.82, 2.24) is 4.98 Å². The molecule has 1 aromatic carbocycles. The molecule has 136 valence electrons. The molecule has 1 heterocycles. The van der Waals surface area contributed by atoms with Crippen LogP contribution in [0.2, 0.25) is 0 Å². The van der Waals surface area contributed by atoms with Gasteiger partial charge in [-0.2, -0.15) is 13.2 Å². The molecule has 0 atom stereocenters. The highest BCUT2D eigenvalue weighted by Gasteiger charge is 2.51. The van der Waals surface area contributed by atoms with Gasteiger partial charge in [0, 0.05) is 6.42 Å². The number of benzene rings is 1. The fourth-order valence-electron chi connectivity index (χ4n) is 3.29. The normalized spacial score (nSPS) is 18.3. The first-order chi connectivity index (χ1) is 12.3. The third-order valence-corrected chi connectivity index (χ3v) is 5.99. The molecule has 2 aliphatic carbocycles. The Kier molecular flexibility index (Phi) is 3.91. The Bertz CT molecular complexity index is 883. The van der Waals surface area contributed by atoms with E-state index in [9.17, 15) is 22.8 Å². The van der Waals surface area contributed by atoms with Crippen LogP contribution in [0.15, 0.2) is 24.3 Å². The van der Waals surface area contributed by atoms with Gasteiger partial charge in [0.2, 0.25) is 5.91 Å². The van der Waals surface area contributed by atoms with Crippen LogP contribution in [0.1, 0.15) is 52.2 Å². The van der Waals surface area contributed by atoms with Crippen molar-refractivity contribution in [3.05, 3.63) is 46.0 Å². The number of thiazole rings is 1. The van der Waals surface area contributed by atoms with Crippen molar-refractivity contribution < 1.29 is 22.8 Å². The molecular weight excluding hydrogens is 365 g/mol. The third-order valence-electron chi connectivity index (χ3n) is 4.94. The maximum atomic E-state index is 12.7. The van der Waals surface area contributed by atoms with E-state index in [0.29, 0.717) is 34.8 Å². The highest BCUT2D eigenvalue weighted by Crippen LogP contribution is 2.49. The lowest BCUT2D eigenvalue weighted by molar-refractivity contribution is -0.137. The number of halogens is 3. The van der Waals surface area contributed by atoms with E-state index in [1.54, 1.807) is 0 Å². The number of anilines is 1. The van der Waals surface area contributed by atoms with Gasteiger partial charge < -0.3 is 5.32 Å². The summed E-state index contributed by atoms with van der Waals surface area (Å²) < 4.78 is 38.1. The van der Waals surface area contributed by atoms with Crippen LogP contribution in [0.25, 0.3) is 0 Å². The van der Waals surface area contributed by atoms with Crippen LogP contribution in [0, 0.1) is 0 Å². The second kappa shape index (κ2) is 5.90. The highest BCUT2D eigenvalue weighted by molar-refractivity contribution is 7.17. The molecule has 4 nitrogen and oxygen atoms in total. The summed E-state index contributed by atoms with van der Waals surface area (Å²) >= 11 is 1.18. The van der Waals surface area contributed by atoms with Crippen LogP contribution < -0.4 is 5.32 Å². The van der Waals surface area contributed by atoms with Crippen LogP contribution in [0.5, 0.6) is 0 Å². The van der Waals surface area contributed by atoms with Crippen molar-refractivity contribution in [2.24, 2.45) is 0 Å². The average molecular weight is 380 g/mol. The number of nitrogens with zero attached hydrogens (tertiary/aromatic N) is 1. The zero-order chi connectivity index (χ0) is 18.5. The summed E-state index contributed by atoms with van der Waals surface area (Å²) in [5.74, 6) is -0.232. The van der Waals surface area contributed by atoms with Crippen molar-refractivity contribution >= 4 is 28.2 Å². The molecule has 0 spiro atoms. The van der Waals surface area contributed by atoms with E-state index >= 15 is 0 Å². The number of fused-ring (bicyclic) bond motifs is 1. The summed E-state index contributed by atoms with van der Waals surface area (Å²) in [6.07, 6.45) is -1.26. The number of aromatic nitrogens is 1. The van der Waals surface area contributed by atoms with E-state index in [1.165, 1.54) is 23.5 Å². The third kappa shape index (κ3) is 2.92. The van der Waals surface area contributed by atoms with Crippen LogP contribution in [-0.2, 0) is 22.8 Å². The molecular formula is C18H15F3N2O2S. The Hall–Kier alpha value is -2.22. The number of rotatable bonds is 3.